The van der Waals surface area contributed by atoms with Gasteiger partial charge < -0.3 is 4.74 Å². The molecule has 0 heterocycles. The Morgan fingerprint density at radius 1 is 1.29 bits per heavy atom. The van der Waals surface area contributed by atoms with Gasteiger partial charge in [0.1, 0.15) is 4.90 Å². The summed E-state index contributed by atoms with van der Waals surface area (Å²) in [5.74, 6) is 0. The minimum atomic E-state index is -3.59. The standard InChI is InChI=1S/C14H19BrClNO3S/c15-11-6-7-14(13(16)10-11)21(18,19)17-8-9-20-12-4-2-1-3-5-12/h6-7,10,12,17H,1-5,8-9H2. The second-order valence-electron chi connectivity index (χ2n) is 5.10. The summed E-state index contributed by atoms with van der Waals surface area (Å²) < 4.78 is 33.3. The molecule has 0 aromatic heterocycles. The first kappa shape index (κ1) is 17.2. The Kier molecular flexibility index (Phi) is 6.50. The number of hydrogen-bond donors (Lipinski definition) is 1. The lowest BCUT2D eigenvalue weighted by molar-refractivity contribution is 0.0321. The summed E-state index contributed by atoms with van der Waals surface area (Å²) in [4.78, 5) is 0.0880. The Balaban J connectivity index is 1.83. The van der Waals surface area contributed by atoms with Crippen LogP contribution in [-0.4, -0.2) is 27.7 Å². The van der Waals surface area contributed by atoms with E-state index < -0.39 is 10.0 Å². The lowest BCUT2D eigenvalue weighted by Gasteiger charge is -2.22. The molecule has 1 N–H and O–H groups in total. The monoisotopic (exact) mass is 395 g/mol. The van der Waals surface area contributed by atoms with Crippen molar-refractivity contribution in [1.29, 1.82) is 0 Å². The number of hydrogen-bond acceptors (Lipinski definition) is 3. The van der Waals surface area contributed by atoms with Crippen molar-refractivity contribution in [2.24, 2.45) is 0 Å². The molecule has 1 fully saturated rings. The minimum absolute atomic E-state index is 0.0880. The van der Waals surface area contributed by atoms with Crippen molar-refractivity contribution in [2.75, 3.05) is 13.2 Å². The maximum atomic E-state index is 12.1. The Bertz CT molecular complexity index is 574. The second-order valence-corrected chi connectivity index (χ2v) is 8.16. The SMILES string of the molecule is O=S(=O)(NCCOC1CCCCC1)c1ccc(Br)cc1Cl. The van der Waals surface area contributed by atoms with Crippen LogP contribution >= 0.6 is 27.5 Å². The number of rotatable bonds is 6. The fourth-order valence-electron chi connectivity index (χ4n) is 2.40. The van der Waals surface area contributed by atoms with Gasteiger partial charge in [-0.1, -0.05) is 46.8 Å². The van der Waals surface area contributed by atoms with Crippen LogP contribution in [0.15, 0.2) is 27.6 Å². The first-order chi connectivity index (χ1) is 9.99. The van der Waals surface area contributed by atoms with E-state index in [4.69, 9.17) is 16.3 Å². The van der Waals surface area contributed by atoms with Crippen molar-refractivity contribution in [3.05, 3.63) is 27.7 Å². The van der Waals surface area contributed by atoms with Gasteiger partial charge in [-0.3, -0.25) is 0 Å². The summed E-state index contributed by atoms with van der Waals surface area (Å²) in [6, 6.07) is 4.70. The highest BCUT2D eigenvalue weighted by Gasteiger charge is 2.18. The van der Waals surface area contributed by atoms with Crippen molar-refractivity contribution in [1.82, 2.24) is 4.72 Å². The molecule has 0 aliphatic heterocycles. The van der Waals surface area contributed by atoms with E-state index in [-0.39, 0.29) is 22.6 Å². The molecule has 1 aromatic rings. The summed E-state index contributed by atoms with van der Waals surface area (Å²) in [5.41, 5.74) is 0. The van der Waals surface area contributed by atoms with Gasteiger partial charge in [0.05, 0.1) is 17.7 Å². The minimum Gasteiger partial charge on any atom is -0.377 e. The number of nitrogens with one attached hydrogen (secondary N) is 1. The van der Waals surface area contributed by atoms with Gasteiger partial charge in [0.15, 0.2) is 0 Å². The molecule has 1 aliphatic carbocycles. The molecule has 0 radical (unpaired) electrons. The van der Waals surface area contributed by atoms with Crippen LogP contribution in [-0.2, 0) is 14.8 Å². The lowest BCUT2D eigenvalue weighted by atomic mass is 9.98. The van der Waals surface area contributed by atoms with E-state index in [9.17, 15) is 8.42 Å². The molecule has 1 saturated carbocycles. The van der Waals surface area contributed by atoms with Crippen molar-refractivity contribution in [3.63, 3.8) is 0 Å². The first-order valence-electron chi connectivity index (χ1n) is 7.05. The zero-order valence-electron chi connectivity index (χ0n) is 11.6. The number of benzene rings is 1. The third kappa shape index (κ3) is 5.21. The Morgan fingerprint density at radius 3 is 2.67 bits per heavy atom. The average Bonchev–Trinajstić information content (AvgIpc) is 2.44. The third-order valence-corrected chi connectivity index (χ3v) is 5.92. The fraction of sp³-hybridized carbons (Fsp3) is 0.571. The molecule has 21 heavy (non-hydrogen) atoms. The van der Waals surface area contributed by atoms with Crippen LogP contribution in [0.2, 0.25) is 5.02 Å². The summed E-state index contributed by atoms with van der Waals surface area (Å²) in [6.07, 6.45) is 6.10. The van der Waals surface area contributed by atoms with E-state index in [1.54, 1.807) is 12.1 Å². The smallest absolute Gasteiger partial charge is 0.242 e. The van der Waals surface area contributed by atoms with Crippen molar-refractivity contribution < 1.29 is 13.2 Å². The maximum absolute atomic E-state index is 12.1. The highest BCUT2D eigenvalue weighted by Crippen LogP contribution is 2.25. The molecular formula is C14H19BrClNO3S. The van der Waals surface area contributed by atoms with Crippen LogP contribution < -0.4 is 4.72 Å². The molecular weight excluding hydrogens is 378 g/mol. The number of halogens is 2. The summed E-state index contributed by atoms with van der Waals surface area (Å²) in [7, 11) is -3.59. The zero-order chi connectivity index (χ0) is 15.3. The molecule has 0 saturated heterocycles. The summed E-state index contributed by atoms with van der Waals surface area (Å²) >= 11 is 9.22. The van der Waals surface area contributed by atoms with E-state index in [1.807, 2.05) is 0 Å². The predicted octanol–water partition coefficient (Wildman–Crippen LogP) is 3.73. The molecule has 118 valence electrons. The van der Waals surface area contributed by atoms with Gasteiger partial charge in [-0.15, -0.1) is 0 Å². The van der Waals surface area contributed by atoms with Crippen LogP contribution in [0, 0.1) is 0 Å². The van der Waals surface area contributed by atoms with Crippen LogP contribution in [0.5, 0.6) is 0 Å². The van der Waals surface area contributed by atoms with Crippen LogP contribution in [0.3, 0.4) is 0 Å². The lowest BCUT2D eigenvalue weighted by Crippen LogP contribution is -2.29. The summed E-state index contributed by atoms with van der Waals surface area (Å²) in [5, 5.41) is 0.199. The quantitative estimate of drug-likeness (QED) is 0.745. The van der Waals surface area contributed by atoms with Crippen molar-refractivity contribution in [3.8, 4) is 0 Å². The molecule has 4 nitrogen and oxygen atoms in total. The molecule has 0 atom stereocenters. The molecule has 1 aliphatic rings. The average molecular weight is 397 g/mol. The van der Waals surface area contributed by atoms with E-state index in [2.05, 4.69) is 20.7 Å². The van der Waals surface area contributed by atoms with Gasteiger partial charge in [-0.25, -0.2) is 13.1 Å². The van der Waals surface area contributed by atoms with E-state index in [1.165, 1.54) is 25.3 Å². The number of ether oxygens (including phenoxy) is 1. The van der Waals surface area contributed by atoms with Crippen LogP contribution in [0.1, 0.15) is 32.1 Å². The molecule has 0 amide bonds. The maximum Gasteiger partial charge on any atom is 0.242 e. The van der Waals surface area contributed by atoms with E-state index >= 15 is 0 Å². The first-order valence-corrected chi connectivity index (χ1v) is 9.71. The predicted molar refractivity (Wildman–Crippen MR) is 87.2 cm³/mol. The molecule has 1 aromatic carbocycles. The van der Waals surface area contributed by atoms with Crippen LogP contribution in [0.25, 0.3) is 0 Å². The highest BCUT2D eigenvalue weighted by atomic mass is 79.9. The van der Waals surface area contributed by atoms with Crippen molar-refractivity contribution in [2.45, 2.75) is 43.1 Å². The van der Waals surface area contributed by atoms with Gasteiger partial charge in [0, 0.05) is 11.0 Å². The molecule has 0 spiro atoms. The molecule has 2 rings (SSSR count). The molecule has 0 unspecified atom stereocenters. The molecule has 7 heteroatoms. The largest absolute Gasteiger partial charge is 0.377 e. The van der Waals surface area contributed by atoms with Gasteiger partial charge in [-0.05, 0) is 31.0 Å². The Morgan fingerprint density at radius 2 is 2.00 bits per heavy atom. The van der Waals surface area contributed by atoms with E-state index in [0.717, 1.165) is 17.3 Å². The number of sulfonamides is 1. The van der Waals surface area contributed by atoms with Gasteiger partial charge >= 0.3 is 0 Å². The third-order valence-electron chi connectivity index (χ3n) is 3.48. The zero-order valence-corrected chi connectivity index (χ0v) is 14.8. The normalized spacial score (nSPS) is 17.0. The topological polar surface area (TPSA) is 55.4 Å². The van der Waals surface area contributed by atoms with Crippen molar-refractivity contribution >= 4 is 37.6 Å². The highest BCUT2D eigenvalue weighted by molar-refractivity contribution is 9.10. The molecule has 0 bridgehead atoms. The van der Waals surface area contributed by atoms with Crippen LogP contribution in [0.4, 0.5) is 0 Å². The second kappa shape index (κ2) is 7.92. The fourth-order valence-corrected chi connectivity index (χ4v) is 4.45. The Hall–Kier alpha value is -0.140. The summed E-state index contributed by atoms with van der Waals surface area (Å²) in [6.45, 7) is 0.642. The van der Waals surface area contributed by atoms with Gasteiger partial charge in [-0.2, -0.15) is 0 Å². The Labute approximate surface area is 139 Å². The van der Waals surface area contributed by atoms with Gasteiger partial charge in [0.2, 0.25) is 10.0 Å². The van der Waals surface area contributed by atoms with Gasteiger partial charge in [0.25, 0.3) is 0 Å². The van der Waals surface area contributed by atoms with E-state index in [0.29, 0.717) is 6.61 Å².